The van der Waals surface area contributed by atoms with Crippen LogP contribution in [0.4, 0.5) is 5.69 Å². The number of amides is 1. The highest BCUT2D eigenvalue weighted by atomic mass is 16.2. The Morgan fingerprint density at radius 1 is 1.26 bits per heavy atom. The molecule has 0 aliphatic carbocycles. The Kier molecular flexibility index (Phi) is 3.80. The standard InChI is InChI=1S/C15H17N3O/c1-11-3-4-14(16)13(9-11)15(19)18(2)10-12-5-7-17-8-6-12/h3-9H,10,16H2,1-2H3. The molecule has 4 nitrogen and oxygen atoms in total. The summed E-state index contributed by atoms with van der Waals surface area (Å²) >= 11 is 0. The summed E-state index contributed by atoms with van der Waals surface area (Å²) < 4.78 is 0. The number of hydrogen-bond acceptors (Lipinski definition) is 3. The summed E-state index contributed by atoms with van der Waals surface area (Å²) in [6.07, 6.45) is 3.43. The molecule has 0 fully saturated rings. The molecule has 0 radical (unpaired) electrons. The zero-order valence-corrected chi connectivity index (χ0v) is 11.1. The van der Waals surface area contributed by atoms with E-state index in [4.69, 9.17) is 5.73 Å². The average molecular weight is 255 g/mol. The second-order valence-corrected chi connectivity index (χ2v) is 4.61. The van der Waals surface area contributed by atoms with E-state index in [2.05, 4.69) is 4.98 Å². The van der Waals surface area contributed by atoms with Crippen molar-refractivity contribution >= 4 is 11.6 Å². The van der Waals surface area contributed by atoms with E-state index in [0.29, 0.717) is 17.8 Å². The van der Waals surface area contributed by atoms with Gasteiger partial charge in [-0.1, -0.05) is 11.6 Å². The van der Waals surface area contributed by atoms with Crippen LogP contribution in [0.2, 0.25) is 0 Å². The molecule has 1 aromatic heterocycles. The monoisotopic (exact) mass is 255 g/mol. The minimum atomic E-state index is -0.0713. The number of aromatic nitrogens is 1. The zero-order chi connectivity index (χ0) is 13.8. The van der Waals surface area contributed by atoms with Gasteiger partial charge in [0.1, 0.15) is 0 Å². The minimum Gasteiger partial charge on any atom is -0.398 e. The molecule has 1 heterocycles. The lowest BCUT2D eigenvalue weighted by molar-refractivity contribution is 0.0786. The molecule has 0 spiro atoms. The number of anilines is 1. The van der Waals surface area contributed by atoms with Gasteiger partial charge in [-0.05, 0) is 36.8 Å². The second kappa shape index (κ2) is 5.52. The van der Waals surface area contributed by atoms with Crippen LogP contribution in [0.25, 0.3) is 0 Å². The van der Waals surface area contributed by atoms with Crippen LogP contribution in [0.1, 0.15) is 21.5 Å². The topological polar surface area (TPSA) is 59.2 Å². The molecule has 2 aromatic rings. The Bertz CT molecular complexity index is 581. The SMILES string of the molecule is Cc1ccc(N)c(C(=O)N(C)Cc2ccncc2)c1. The molecule has 0 saturated carbocycles. The molecule has 0 unspecified atom stereocenters. The highest BCUT2D eigenvalue weighted by Gasteiger charge is 2.15. The van der Waals surface area contributed by atoms with Crippen molar-refractivity contribution in [3.8, 4) is 0 Å². The highest BCUT2D eigenvalue weighted by Crippen LogP contribution is 2.16. The summed E-state index contributed by atoms with van der Waals surface area (Å²) in [4.78, 5) is 18.0. The smallest absolute Gasteiger partial charge is 0.255 e. The Labute approximate surface area is 112 Å². The van der Waals surface area contributed by atoms with Crippen LogP contribution in [-0.4, -0.2) is 22.8 Å². The predicted octanol–water partition coefficient (Wildman–Crippen LogP) is 2.24. The van der Waals surface area contributed by atoms with Crippen molar-refractivity contribution in [2.24, 2.45) is 0 Å². The van der Waals surface area contributed by atoms with Gasteiger partial charge in [-0.3, -0.25) is 9.78 Å². The first-order chi connectivity index (χ1) is 9.08. The van der Waals surface area contributed by atoms with Crippen molar-refractivity contribution in [1.82, 2.24) is 9.88 Å². The van der Waals surface area contributed by atoms with E-state index in [1.165, 1.54) is 0 Å². The largest absolute Gasteiger partial charge is 0.398 e. The van der Waals surface area contributed by atoms with Gasteiger partial charge in [0.25, 0.3) is 5.91 Å². The maximum atomic E-state index is 12.4. The van der Waals surface area contributed by atoms with Crippen LogP contribution in [0, 0.1) is 6.92 Å². The van der Waals surface area contributed by atoms with E-state index >= 15 is 0 Å². The number of aryl methyl sites for hydroxylation is 1. The number of nitrogen functional groups attached to an aromatic ring is 1. The molecule has 98 valence electrons. The third-order valence-electron chi connectivity index (χ3n) is 2.96. The number of carbonyl (C=O) groups excluding carboxylic acids is 1. The lowest BCUT2D eigenvalue weighted by Crippen LogP contribution is -2.27. The quantitative estimate of drug-likeness (QED) is 0.856. The molecule has 1 amide bonds. The lowest BCUT2D eigenvalue weighted by atomic mass is 10.1. The number of rotatable bonds is 3. The van der Waals surface area contributed by atoms with Gasteiger partial charge in [0.2, 0.25) is 0 Å². The summed E-state index contributed by atoms with van der Waals surface area (Å²) in [5.74, 6) is -0.0713. The summed E-state index contributed by atoms with van der Waals surface area (Å²) in [5, 5.41) is 0. The third-order valence-corrected chi connectivity index (χ3v) is 2.96. The molecular formula is C15H17N3O. The number of nitrogens with two attached hydrogens (primary N) is 1. The maximum Gasteiger partial charge on any atom is 0.255 e. The van der Waals surface area contributed by atoms with E-state index in [-0.39, 0.29) is 5.91 Å². The normalized spacial score (nSPS) is 10.2. The summed E-state index contributed by atoms with van der Waals surface area (Å²) in [6, 6.07) is 9.27. The van der Waals surface area contributed by atoms with Crippen molar-refractivity contribution in [1.29, 1.82) is 0 Å². The highest BCUT2D eigenvalue weighted by molar-refractivity contribution is 5.99. The first kappa shape index (κ1) is 13.1. The molecule has 0 atom stereocenters. The van der Waals surface area contributed by atoms with Crippen molar-refractivity contribution in [3.63, 3.8) is 0 Å². The van der Waals surface area contributed by atoms with Gasteiger partial charge in [-0.25, -0.2) is 0 Å². The summed E-state index contributed by atoms with van der Waals surface area (Å²) in [5.41, 5.74) is 8.99. The number of nitrogens with zero attached hydrogens (tertiary/aromatic N) is 2. The van der Waals surface area contributed by atoms with E-state index in [0.717, 1.165) is 11.1 Å². The fraction of sp³-hybridized carbons (Fsp3) is 0.200. The number of pyridine rings is 1. The first-order valence-electron chi connectivity index (χ1n) is 6.08. The van der Waals surface area contributed by atoms with Gasteiger partial charge < -0.3 is 10.6 Å². The van der Waals surface area contributed by atoms with Gasteiger partial charge in [-0.15, -0.1) is 0 Å². The maximum absolute atomic E-state index is 12.4. The molecule has 0 saturated heterocycles. The van der Waals surface area contributed by atoms with Crippen LogP contribution in [-0.2, 0) is 6.54 Å². The molecule has 19 heavy (non-hydrogen) atoms. The second-order valence-electron chi connectivity index (χ2n) is 4.61. The average Bonchev–Trinajstić information content (AvgIpc) is 2.42. The Morgan fingerprint density at radius 2 is 1.95 bits per heavy atom. The van der Waals surface area contributed by atoms with Gasteiger partial charge in [0.05, 0.1) is 5.56 Å². The zero-order valence-electron chi connectivity index (χ0n) is 11.1. The van der Waals surface area contributed by atoms with E-state index in [9.17, 15) is 4.79 Å². The van der Waals surface area contributed by atoms with Gasteiger partial charge >= 0.3 is 0 Å². The molecular weight excluding hydrogens is 238 g/mol. The van der Waals surface area contributed by atoms with Crippen molar-refractivity contribution in [3.05, 3.63) is 59.4 Å². The number of benzene rings is 1. The fourth-order valence-corrected chi connectivity index (χ4v) is 1.89. The van der Waals surface area contributed by atoms with Crippen LogP contribution < -0.4 is 5.73 Å². The first-order valence-corrected chi connectivity index (χ1v) is 6.08. The van der Waals surface area contributed by atoms with E-state index in [1.54, 1.807) is 30.4 Å². The molecule has 0 bridgehead atoms. The molecule has 0 aliphatic heterocycles. The predicted molar refractivity (Wildman–Crippen MR) is 75.6 cm³/mol. The lowest BCUT2D eigenvalue weighted by Gasteiger charge is -2.18. The molecule has 2 rings (SSSR count). The minimum absolute atomic E-state index is 0.0713. The van der Waals surface area contributed by atoms with Crippen molar-refractivity contribution in [2.45, 2.75) is 13.5 Å². The summed E-state index contributed by atoms with van der Waals surface area (Å²) in [7, 11) is 1.77. The Balaban J connectivity index is 2.17. The summed E-state index contributed by atoms with van der Waals surface area (Å²) in [6.45, 7) is 2.48. The molecule has 4 heteroatoms. The third kappa shape index (κ3) is 3.10. The number of carbonyl (C=O) groups is 1. The molecule has 0 aliphatic rings. The molecule has 1 aromatic carbocycles. The van der Waals surface area contributed by atoms with Gasteiger partial charge in [-0.2, -0.15) is 0 Å². The van der Waals surface area contributed by atoms with Crippen LogP contribution in [0.15, 0.2) is 42.7 Å². The van der Waals surface area contributed by atoms with E-state index < -0.39 is 0 Å². The number of hydrogen-bond donors (Lipinski definition) is 1. The van der Waals surface area contributed by atoms with Gasteiger partial charge in [0, 0.05) is 31.7 Å². The Hall–Kier alpha value is -2.36. The molecule has 2 N–H and O–H groups in total. The Morgan fingerprint density at radius 3 is 2.63 bits per heavy atom. The van der Waals surface area contributed by atoms with Gasteiger partial charge in [0.15, 0.2) is 0 Å². The van der Waals surface area contributed by atoms with Crippen LogP contribution in [0.3, 0.4) is 0 Å². The van der Waals surface area contributed by atoms with Crippen molar-refractivity contribution < 1.29 is 4.79 Å². The fourth-order valence-electron chi connectivity index (χ4n) is 1.89. The van der Waals surface area contributed by atoms with Crippen LogP contribution in [0.5, 0.6) is 0 Å². The van der Waals surface area contributed by atoms with E-state index in [1.807, 2.05) is 31.2 Å². The van der Waals surface area contributed by atoms with Crippen molar-refractivity contribution in [2.75, 3.05) is 12.8 Å². The van der Waals surface area contributed by atoms with Crippen LogP contribution >= 0.6 is 0 Å².